The van der Waals surface area contributed by atoms with Crippen LogP contribution in [0.2, 0.25) is 0 Å². The molecule has 0 amide bonds. The predicted octanol–water partition coefficient (Wildman–Crippen LogP) is 1.63. The van der Waals surface area contributed by atoms with E-state index in [9.17, 15) is 13.2 Å². The van der Waals surface area contributed by atoms with Crippen molar-refractivity contribution in [3.8, 4) is 6.07 Å². The Morgan fingerprint density at radius 3 is 2.75 bits per heavy atom. The summed E-state index contributed by atoms with van der Waals surface area (Å²) in [6.45, 7) is 1.59. The highest BCUT2D eigenvalue weighted by Crippen LogP contribution is 2.18. The smallest absolute Gasteiger partial charge is 0.354 e. The quantitative estimate of drug-likeness (QED) is 0.821. The second-order valence-corrected chi connectivity index (χ2v) is 6.82. The molecule has 1 aromatic heterocycles. The molecular weight excluding hydrogens is 330 g/mol. The SMILES string of the molecule is Cc1ccc(S(=O)(=O)NCc2cccnc2C(=O)O)c(CC#N)c1. The van der Waals surface area contributed by atoms with Crippen LogP contribution in [-0.2, 0) is 23.0 Å². The van der Waals surface area contributed by atoms with Crippen LogP contribution in [0.3, 0.4) is 0 Å². The molecule has 0 bridgehead atoms. The Kier molecular flexibility index (Phi) is 5.28. The topological polar surface area (TPSA) is 120 Å². The average Bonchev–Trinajstić information content (AvgIpc) is 2.53. The lowest BCUT2D eigenvalue weighted by Gasteiger charge is -2.11. The van der Waals surface area contributed by atoms with Crippen LogP contribution >= 0.6 is 0 Å². The second kappa shape index (κ2) is 7.21. The van der Waals surface area contributed by atoms with E-state index in [2.05, 4.69) is 9.71 Å². The van der Waals surface area contributed by atoms with Gasteiger partial charge in [-0.2, -0.15) is 5.26 Å². The first-order valence-electron chi connectivity index (χ1n) is 6.98. The molecule has 2 aromatic rings. The fourth-order valence-electron chi connectivity index (χ4n) is 2.22. The van der Waals surface area contributed by atoms with Gasteiger partial charge in [0.1, 0.15) is 0 Å². The van der Waals surface area contributed by atoms with Crippen molar-refractivity contribution in [3.05, 3.63) is 58.9 Å². The number of nitriles is 1. The molecule has 1 aromatic carbocycles. The first-order valence-corrected chi connectivity index (χ1v) is 8.47. The Morgan fingerprint density at radius 2 is 2.08 bits per heavy atom. The van der Waals surface area contributed by atoms with Gasteiger partial charge in [0.2, 0.25) is 10.0 Å². The summed E-state index contributed by atoms with van der Waals surface area (Å²) in [6, 6.07) is 9.68. The first-order chi connectivity index (χ1) is 11.3. The standard InChI is InChI=1S/C16H15N3O4S/c1-11-4-5-14(12(9-11)6-7-17)24(22,23)19-10-13-3-2-8-18-15(13)16(20)21/h2-5,8-9,19H,6,10H2,1H3,(H,20,21). The highest BCUT2D eigenvalue weighted by Gasteiger charge is 2.20. The number of aromatic nitrogens is 1. The molecule has 0 aliphatic carbocycles. The minimum atomic E-state index is -3.89. The molecule has 0 unspecified atom stereocenters. The number of nitrogens with zero attached hydrogens (tertiary/aromatic N) is 2. The van der Waals surface area contributed by atoms with E-state index in [-0.39, 0.29) is 29.1 Å². The molecule has 0 spiro atoms. The number of aromatic carboxylic acids is 1. The van der Waals surface area contributed by atoms with Gasteiger partial charge in [-0.1, -0.05) is 23.8 Å². The summed E-state index contributed by atoms with van der Waals surface area (Å²) in [5.41, 5.74) is 1.29. The molecule has 0 atom stereocenters. The number of rotatable bonds is 6. The maximum Gasteiger partial charge on any atom is 0.354 e. The number of nitrogens with one attached hydrogen (secondary N) is 1. The summed E-state index contributed by atoms with van der Waals surface area (Å²) in [5, 5.41) is 17.9. The highest BCUT2D eigenvalue weighted by atomic mass is 32.2. The van der Waals surface area contributed by atoms with E-state index in [4.69, 9.17) is 10.4 Å². The normalized spacial score (nSPS) is 11.0. The predicted molar refractivity (Wildman–Crippen MR) is 85.7 cm³/mol. The van der Waals surface area contributed by atoms with Crippen molar-refractivity contribution in [2.24, 2.45) is 0 Å². The number of carbonyl (C=O) groups is 1. The Balaban J connectivity index is 2.31. The summed E-state index contributed by atoms with van der Waals surface area (Å²) in [7, 11) is -3.89. The average molecular weight is 345 g/mol. The molecule has 0 saturated heterocycles. The van der Waals surface area contributed by atoms with Crippen LogP contribution in [0.1, 0.15) is 27.2 Å². The van der Waals surface area contributed by atoms with Crippen LogP contribution in [-0.4, -0.2) is 24.5 Å². The largest absolute Gasteiger partial charge is 0.477 e. The van der Waals surface area contributed by atoms with Gasteiger partial charge in [0.25, 0.3) is 0 Å². The summed E-state index contributed by atoms with van der Waals surface area (Å²) in [4.78, 5) is 14.9. The van der Waals surface area contributed by atoms with Crippen molar-refractivity contribution in [2.75, 3.05) is 0 Å². The van der Waals surface area contributed by atoms with E-state index in [0.717, 1.165) is 5.56 Å². The molecule has 0 aliphatic rings. The van der Waals surface area contributed by atoms with Crippen LogP contribution in [0.4, 0.5) is 0 Å². The summed E-state index contributed by atoms with van der Waals surface area (Å²) in [5.74, 6) is -1.23. The number of hydrogen-bond donors (Lipinski definition) is 2. The number of aryl methyl sites for hydroxylation is 1. The van der Waals surface area contributed by atoms with Gasteiger partial charge in [0, 0.05) is 18.3 Å². The van der Waals surface area contributed by atoms with Gasteiger partial charge >= 0.3 is 5.97 Å². The molecule has 2 N–H and O–H groups in total. The zero-order valence-electron chi connectivity index (χ0n) is 12.9. The zero-order chi connectivity index (χ0) is 17.7. The molecule has 1 heterocycles. The van der Waals surface area contributed by atoms with Crippen LogP contribution in [0, 0.1) is 18.3 Å². The lowest BCUT2D eigenvalue weighted by atomic mass is 10.1. The molecule has 8 heteroatoms. The lowest BCUT2D eigenvalue weighted by molar-refractivity contribution is 0.0689. The number of sulfonamides is 1. The Labute approximate surface area is 139 Å². The fourth-order valence-corrected chi connectivity index (χ4v) is 3.44. The highest BCUT2D eigenvalue weighted by molar-refractivity contribution is 7.89. The van der Waals surface area contributed by atoms with Crippen molar-refractivity contribution in [1.29, 1.82) is 5.26 Å². The molecule has 0 radical (unpaired) electrons. The molecular formula is C16H15N3O4S. The van der Waals surface area contributed by atoms with Gasteiger partial charge in [-0.25, -0.2) is 22.9 Å². The van der Waals surface area contributed by atoms with Crippen LogP contribution in [0.5, 0.6) is 0 Å². The number of hydrogen-bond acceptors (Lipinski definition) is 5. The first kappa shape index (κ1) is 17.6. The minimum Gasteiger partial charge on any atom is -0.477 e. The maximum absolute atomic E-state index is 12.5. The second-order valence-electron chi connectivity index (χ2n) is 5.09. The van der Waals surface area contributed by atoms with Crippen molar-refractivity contribution >= 4 is 16.0 Å². The van der Waals surface area contributed by atoms with Gasteiger partial charge in [-0.05, 0) is 24.6 Å². The van der Waals surface area contributed by atoms with E-state index in [1.807, 2.05) is 6.07 Å². The summed E-state index contributed by atoms with van der Waals surface area (Å²) in [6.07, 6.45) is 1.29. The molecule has 24 heavy (non-hydrogen) atoms. The Hall–Kier alpha value is -2.76. The number of carboxylic acid groups (broad SMARTS) is 1. The maximum atomic E-state index is 12.5. The number of benzene rings is 1. The summed E-state index contributed by atoms with van der Waals surface area (Å²) >= 11 is 0. The van der Waals surface area contributed by atoms with Crippen molar-refractivity contribution in [3.63, 3.8) is 0 Å². The minimum absolute atomic E-state index is 0.00964. The van der Waals surface area contributed by atoms with Gasteiger partial charge < -0.3 is 5.11 Å². The molecule has 0 saturated carbocycles. The van der Waals surface area contributed by atoms with E-state index in [1.54, 1.807) is 19.1 Å². The number of pyridine rings is 1. The van der Waals surface area contributed by atoms with Gasteiger partial charge in [-0.3, -0.25) is 0 Å². The van der Waals surface area contributed by atoms with Gasteiger partial charge in [0.05, 0.1) is 17.4 Å². The molecule has 0 aliphatic heterocycles. The molecule has 2 rings (SSSR count). The van der Waals surface area contributed by atoms with Crippen molar-refractivity contribution in [2.45, 2.75) is 24.8 Å². The third kappa shape index (κ3) is 3.95. The zero-order valence-corrected chi connectivity index (χ0v) is 13.7. The van der Waals surface area contributed by atoms with Crippen LogP contribution in [0.15, 0.2) is 41.4 Å². The Bertz CT molecular complexity index is 917. The molecule has 124 valence electrons. The van der Waals surface area contributed by atoms with Crippen LogP contribution in [0.25, 0.3) is 0 Å². The van der Waals surface area contributed by atoms with Gasteiger partial charge in [-0.15, -0.1) is 0 Å². The van der Waals surface area contributed by atoms with Crippen molar-refractivity contribution in [1.82, 2.24) is 9.71 Å². The monoisotopic (exact) mass is 345 g/mol. The van der Waals surface area contributed by atoms with E-state index < -0.39 is 16.0 Å². The van der Waals surface area contributed by atoms with Crippen LogP contribution < -0.4 is 4.72 Å². The van der Waals surface area contributed by atoms with E-state index in [1.165, 1.54) is 24.4 Å². The van der Waals surface area contributed by atoms with Crippen molar-refractivity contribution < 1.29 is 18.3 Å². The van der Waals surface area contributed by atoms with E-state index in [0.29, 0.717) is 5.56 Å². The molecule has 7 nitrogen and oxygen atoms in total. The Morgan fingerprint density at radius 1 is 1.33 bits per heavy atom. The third-order valence-corrected chi connectivity index (χ3v) is 4.82. The van der Waals surface area contributed by atoms with E-state index >= 15 is 0 Å². The molecule has 0 fully saturated rings. The number of carboxylic acids is 1. The third-order valence-electron chi connectivity index (χ3n) is 3.32. The lowest BCUT2D eigenvalue weighted by Crippen LogP contribution is -2.25. The van der Waals surface area contributed by atoms with Gasteiger partial charge in [0.15, 0.2) is 5.69 Å². The fraction of sp³-hybridized carbons (Fsp3) is 0.188. The summed E-state index contributed by atoms with van der Waals surface area (Å²) < 4.78 is 27.4.